The molecule has 3 N–H and O–H groups in total. The van der Waals surface area contributed by atoms with E-state index in [0.717, 1.165) is 25.5 Å². The third kappa shape index (κ3) is 4.17. The number of phenolic OH excluding ortho intramolecular Hbond substituents is 2. The van der Waals surface area contributed by atoms with Gasteiger partial charge in [0.2, 0.25) is 10.0 Å². The molecule has 29 heavy (non-hydrogen) atoms. The molecule has 2 aliphatic carbocycles. The number of carbonyl (C=O) groups is 1. The number of nitrogens with one attached hydrogen (secondary N) is 1. The molecule has 0 spiro atoms. The van der Waals surface area contributed by atoms with Crippen molar-refractivity contribution in [2.75, 3.05) is 6.26 Å². The molecular weight excluding hydrogens is 390 g/mol. The van der Waals surface area contributed by atoms with Crippen molar-refractivity contribution in [3.63, 3.8) is 0 Å². The highest BCUT2D eigenvalue weighted by Gasteiger charge is 2.58. The third-order valence-corrected chi connectivity index (χ3v) is 8.20. The first-order chi connectivity index (χ1) is 13.2. The number of Topliss-reactive ketones (excluding diaryl/α,β-unsaturated/α-hetero) is 1. The lowest BCUT2D eigenvalue weighted by Gasteiger charge is -2.60. The highest BCUT2D eigenvalue weighted by Crippen LogP contribution is 2.61. The van der Waals surface area contributed by atoms with Crippen LogP contribution in [0.2, 0.25) is 0 Å². The van der Waals surface area contributed by atoms with E-state index in [2.05, 4.69) is 25.5 Å². The van der Waals surface area contributed by atoms with E-state index in [-0.39, 0.29) is 51.6 Å². The van der Waals surface area contributed by atoms with Crippen molar-refractivity contribution in [2.24, 2.45) is 28.6 Å². The molecule has 1 aromatic carbocycles. The van der Waals surface area contributed by atoms with Crippen molar-refractivity contribution >= 4 is 15.8 Å². The maximum atomic E-state index is 13.7. The normalized spacial score (nSPS) is 34.4. The monoisotopic (exact) mass is 423 g/mol. The maximum Gasteiger partial charge on any atom is 0.208 e. The number of hydrogen-bond acceptors (Lipinski definition) is 5. The van der Waals surface area contributed by atoms with Gasteiger partial charge in [0.05, 0.1) is 6.26 Å². The number of fused-ring (bicyclic) bond motifs is 1. The van der Waals surface area contributed by atoms with Gasteiger partial charge in [-0.05, 0) is 54.1 Å². The Morgan fingerprint density at radius 1 is 1.10 bits per heavy atom. The van der Waals surface area contributed by atoms with Gasteiger partial charge >= 0.3 is 0 Å². The fourth-order valence-electron chi connectivity index (χ4n) is 6.31. The molecule has 0 aliphatic heterocycles. The molecule has 0 heterocycles. The number of phenols is 2. The van der Waals surface area contributed by atoms with E-state index in [1.165, 1.54) is 18.2 Å². The standard InChI is InChI=1S/C22H33NO5S/c1-13-17(23-29(5,27)28)12-18-21(2,3)7-6-8-22(18,4)19(13)20(26)14-9-15(24)11-16(25)10-14/h9-11,13,17-19,23-25H,6-8,12H2,1-5H3/t13-,17+,18-,19+,22-/m0/s1. The van der Waals surface area contributed by atoms with Crippen LogP contribution in [-0.4, -0.2) is 36.7 Å². The lowest BCUT2D eigenvalue weighted by molar-refractivity contribution is -0.0886. The number of hydrogen-bond donors (Lipinski definition) is 3. The van der Waals surface area contributed by atoms with Gasteiger partial charge in [-0.25, -0.2) is 13.1 Å². The largest absolute Gasteiger partial charge is 0.508 e. The lowest BCUT2D eigenvalue weighted by atomic mass is 9.45. The summed E-state index contributed by atoms with van der Waals surface area (Å²) >= 11 is 0. The van der Waals surface area contributed by atoms with Gasteiger partial charge in [0, 0.05) is 23.6 Å². The van der Waals surface area contributed by atoms with Crippen molar-refractivity contribution in [1.82, 2.24) is 4.72 Å². The van der Waals surface area contributed by atoms with Crippen molar-refractivity contribution < 1.29 is 23.4 Å². The summed E-state index contributed by atoms with van der Waals surface area (Å²) in [5.41, 5.74) is -0.0262. The van der Waals surface area contributed by atoms with Crippen LogP contribution >= 0.6 is 0 Å². The van der Waals surface area contributed by atoms with Crippen LogP contribution in [0.4, 0.5) is 0 Å². The number of ketones is 1. The van der Waals surface area contributed by atoms with Crippen molar-refractivity contribution in [1.29, 1.82) is 0 Å². The molecule has 0 amide bonds. The maximum absolute atomic E-state index is 13.7. The Hall–Kier alpha value is -1.60. The van der Waals surface area contributed by atoms with Gasteiger partial charge in [-0.2, -0.15) is 0 Å². The van der Waals surface area contributed by atoms with E-state index in [1.54, 1.807) is 0 Å². The first-order valence-electron chi connectivity index (χ1n) is 10.3. The Kier molecular flexibility index (Phi) is 5.54. The van der Waals surface area contributed by atoms with Crippen LogP contribution in [-0.2, 0) is 10.0 Å². The van der Waals surface area contributed by atoms with Gasteiger partial charge in [0.15, 0.2) is 5.78 Å². The van der Waals surface area contributed by atoms with Crippen LogP contribution in [0.3, 0.4) is 0 Å². The predicted molar refractivity (Wildman–Crippen MR) is 112 cm³/mol. The van der Waals surface area contributed by atoms with Gasteiger partial charge in [0.1, 0.15) is 11.5 Å². The molecule has 0 bridgehead atoms. The van der Waals surface area contributed by atoms with Crippen LogP contribution in [0.1, 0.15) is 63.7 Å². The van der Waals surface area contributed by atoms with Crippen molar-refractivity contribution in [3.05, 3.63) is 23.8 Å². The minimum absolute atomic E-state index is 0.00985. The van der Waals surface area contributed by atoms with Gasteiger partial charge in [-0.1, -0.05) is 34.1 Å². The van der Waals surface area contributed by atoms with E-state index in [9.17, 15) is 23.4 Å². The molecule has 0 unspecified atom stereocenters. The fraction of sp³-hybridized carbons (Fsp3) is 0.682. The molecule has 7 heteroatoms. The summed E-state index contributed by atoms with van der Waals surface area (Å²) in [5, 5.41) is 19.8. The molecule has 0 saturated heterocycles. The Morgan fingerprint density at radius 2 is 1.69 bits per heavy atom. The molecule has 0 radical (unpaired) electrons. The minimum atomic E-state index is -3.42. The quantitative estimate of drug-likeness (QED) is 0.641. The summed E-state index contributed by atoms with van der Waals surface area (Å²) in [6.45, 7) is 8.53. The van der Waals surface area contributed by atoms with E-state index in [4.69, 9.17) is 0 Å². The second-order valence-electron chi connectivity index (χ2n) is 10.1. The van der Waals surface area contributed by atoms with Crippen LogP contribution in [0.15, 0.2) is 18.2 Å². The zero-order chi connectivity index (χ0) is 21.8. The number of aromatic hydroxyl groups is 2. The van der Waals surface area contributed by atoms with E-state index < -0.39 is 15.9 Å². The number of benzene rings is 1. The Morgan fingerprint density at radius 3 is 2.24 bits per heavy atom. The predicted octanol–water partition coefficient (Wildman–Crippen LogP) is 3.69. The molecule has 6 nitrogen and oxygen atoms in total. The average molecular weight is 424 g/mol. The molecule has 0 aromatic heterocycles. The van der Waals surface area contributed by atoms with E-state index in [1.807, 2.05) is 6.92 Å². The molecule has 162 valence electrons. The minimum Gasteiger partial charge on any atom is -0.508 e. The second kappa shape index (κ2) is 7.27. The highest BCUT2D eigenvalue weighted by atomic mass is 32.2. The summed E-state index contributed by atoms with van der Waals surface area (Å²) in [4.78, 5) is 13.7. The molecular formula is C22H33NO5S. The SMILES string of the molecule is C[C@H]1[C@H](NS(C)(=O)=O)C[C@H]2C(C)(C)CCC[C@]2(C)[C@H]1C(=O)c1cc(O)cc(O)c1. The summed E-state index contributed by atoms with van der Waals surface area (Å²) in [5.74, 6) is -0.910. The van der Waals surface area contributed by atoms with Crippen LogP contribution in [0.25, 0.3) is 0 Å². The Bertz CT molecular complexity index is 890. The number of carbonyl (C=O) groups excluding carboxylic acids is 1. The van der Waals surface area contributed by atoms with Crippen LogP contribution in [0, 0.1) is 28.6 Å². The summed E-state index contributed by atoms with van der Waals surface area (Å²) in [6.07, 6.45) is 4.82. The zero-order valence-corrected chi connectivity index (χ0v) is 18.7. The number of rotatable bonds is 4. The zero-order valence-electron chi connectivity index (χ0n) is 17.9. The van der Waals surface area contributed by atoms with Gasteiger partial charge in [0.25, 0.3) is 0 Å². The summed E-state index contributed by atoms with van der Waals surface area (Å²) < 4.78 is 26.8. The van der Waals surface area contributed by atoms with Crippen molar-refractivity contribution in [2.45, 2.75) is 59.4 Å². The lowest BCUT2D eigenvalue weighted by Crippen LogP contribution is -2.60. The molecule has 2 aliphatic rings. The molecule has 2 fully saturated rings. The van der Waals surface area contributed by atoms with Gasteiger partial charge in [-0.15, -0.1) is 0 Å². The molecule has 2 saturated carbocycles. The second-order valence-corrected chi connectivity index (χ2v) is 11.9. The summed E-state index contributed by atoms with van der Waals surface area (Å²) in [7, 11) is -3.42. The first kappa shape index (κ1) is 22.1. The smallest absolute Gasteiger partial charge is 0.208 e. The molecule has 1 aromatic rings. The van der Waals surface area contributed by atoms with Gasteiger partial charge in [-0.3, -0.25) is 4.79 Å². The fourth-order valence-corrected chi connectivity index (χ4v) is 7.17. The first-order valence-corrected chi connectivity index (χ1v) is 12.2. The summed E-state index contributed by atoms with van der Waals surface area (Å²) in [6, 6.07) is 3.63. The van der Waals surface area contributed by atoms with Crippen LogP contribution < -0.4 is 4.72 Å². The van der Waals surface area contributed by atoms with E-state index >= 15 is 0 Å². The van der Waals surface area contributed by atoms with E-state index in [0.29, 0.717) is 6.42 Å². The Balaban J connectivity index is 2.10. The van der Waals surface area contributed by atoms with Crippen LogP contribution in [0.5, 0.6) is 11.5 Å². The van der Waals surface area contributed by atoms with Gasteiger partial charge < -0.3 is 10.2 Å². The van der Waals surface area contributed by atoms with Crippen molar-refractivity contribution in [3.8, 4) is 11.5 Å². The highest BCUT2D eigenvalue weighted by molar-refractivity contribution is 7.88. The Labute approximate surface area is 173 Å². The molecule has 3 rings (SSSR count). The third-order valence-electron chi connectivity index (χ3n) is 7.47. The topological polar surface area (TPSA) is 104 Å². The molecule has 5 atom stereocenters. The average Bonchev–Trinajstić information content (AvgIpc) is 2.54. The number of sulfonamides is 1.